The Morgan fingerprint density at radius 3 is 2.70 bits per heavy atom. The topological polar surface area (TPSA) is 155 Å². The van der Waals surface area contributed by atoms with Crippen molar-refractivity contribution in [2.24, 2.45) is 0 Å². The van der Waals surface area contributed by atoms with Crippen molar-refractivity contribution >= 4 is 28.2 Å². The molecule has 3 amide bonds. The van der Waals surface area contributed by atoms with Gasteiger partial charge in [-0.15, -0.1) is 4.28 Å². The number of hydrogen-bond donors (Lipinski definition) is 4. The van der Waals surface area contributed by atoms with Crippen molar-refractivity contribution < 1.29 is 26.8 Å². The number of nitrogens with one attached hydrogen (secondary N) is 3. The smallest absolute Gasteiger partial charge is 0.314 e. The number of urea groups is 1. The van der Waals surface area contributed by atoms with Crippen LogP contribution in [0.5, 0.6) is 0 Å². The minimum absolute atomic E-state index is 0.0965. The molecule has 13 heteroatoms. The van der Waals surface area contributed by atoms with Crippen LogP contribution in [0, 0.1) is 5.41 Å². The first-order valence-corrected chi connectivity index (χ1v) is 10.2. The van der Waals surface area contributed by atoms with Gasteiger partial charge in [0, 0.05) is 45.7 Å². The van der Waals surface area contributed by atoms with Crippen LogP contribution in [-0.2, 0) is 19.5 Å². The Morgan fingerprint density at radius 2 is 2.04 bits per heavy atom. The summed E-state index contributed by atoms with van der Waals surface area (Å²) in [6.45, 7) is 4.30. The molecule has 0 radical (unpaired) electrons. The Labute approximate surface area is 157 Å². The van der Waals surface area contributed by atoms with E-state index in [0.29, 0.717) is 24.4 Å². The molecule has 3 fully saturated rings. The first-order valence-electron chi connectivity index (χ1n) is 8.83. The molecule has 3 heterocycles. The van der Waals surface area contributed by atoms with Gasteiger partial charge in [-0.05, 0) is 12.8 Å². The molecular formula is C14H24N6O6S. The molecule has 4 N–H and O–H groups in total. The van der Waals surface area contributed by atoms with Crippen LogP contribution in [0.2, 0.25) is 0 Å². The third-order valence-corrected chi connectivity index (χ3v) is 5.32. The van der Waals surface area contributed by atoms with E-state index in [2.05, 4.69) is 19.8 Å². The molecular weight excluding hydrogens is 380 g/mol. The summed E-state index contributed by atoms with van der Waals surface area (Å²) >= 11 is 0. The monoisotopic (exact) mass is 404 g/mol. The van der Waals surface area contributed by atoms with Crippen LogP contribution < -0.4 is 10.6 Å². The summed E-state index contributed by atoms with van der Waals surface area (Å²) in [6, 6.07) is -1.93. The zero-order chi connectivity index (χ0) is 19.6. The van der Waals surface area contributed by atoms with Gasteiger partial charge in [0.25, 0.3) is 0 Å². The Morgan fingerprint density at radius 1 is 1.33 bits per heavy atom. The molecule has 0 saturated carbocycles. The Balaban J connectivity index is 1.51. The molecule has 12 nitrogen and oxygen atoms in total. The highest BCUT2D eigenvalue weighted by Gasteiger charge is 2.48. The first-order chi connectivity index (χ1) is 12.7. The fourth-order valence-electron chi connectivity index (χ4n) is 3.62. The second-order valence-corrected chi connectivity index (χ2v) is 7.82. The number of piperazine rings is 1. The zero-order valence-electron chi connectivity index (χ0n) is 14.8. The quantitative estimate of drug-likeness (QED) is 0.234. The minimum Gasteiger partial charge on any atom is -0.314 e. The third kappa shape index (κ3) is 4.93. The predicted octanol–water partition coefficient (Wildman–Crippen LogP) is -1.62. The summed E-state index contributed by atoms with van der Waals surface area (Å²) in [6.07, 6.45) is 1.03. The van der Waals surface area contributed by atoms with Gasteiger partial charge in [0.2, 0.25) is 5.91 Å². The van der Waals surface area contributed by atoms with E-state index in [-0.39, 0.29) is 24.7 Å². The van der Waals surface area contributed by atoms with Crippen molar-refractivity contribution in [2.45, 2.75) is 31.3 Å². The fraction of sp³-hybridized carbons (Fsp3) is 0.786. The number of amides is 3. The van der Waals surface area contributed by atoms with E-state index in [1.54, 1.807) is 0 Å². The molecule has 0 aliphatic carbocycles. The van der Waals surface area contributed by atoms with Crippen LogP contribution >= 0.6 is 0 Å². The average Bonchev–Trinajstić information content (AvgIpc) is 2.84. The van der Waals surface area contributed by atoms with Gasteiger partial charge >= 0.3 is 16.4 Å². The van der Waals surface area contributed by atoms with E-state index in [1.807, 2.05) is 0 Å². The number of carbonyl (C=O) groups is 2. The van der Waals surface area contributed by atoms with Crippen molar-refractivity contribution in [3.63, 3.8) is 0 Å². The average molecular weight is 404 g/mol. The maximum atomic E-state index is 12.3. The second kappa shape index (κ2) is 8.06. The molecule has 152 valence electrons. The number of carbonyl (C=O) groups excluding carboxylic acids is 2. The third-order valence-electron chi connectivity index (χ3n) is 4.97. The molecule has 2 unspecified atom stereocenters. The molecule has 3 rings (SSSR count). The highest BCUT2D eigenvalue weighted by molar-refractivity contribution is 7.80. The number of nitrogens with zero attached hydrogens (tertiary/aromatic N) is 3. The van der Waals surface area contributed by atoms with E-state index in [0.717, 1.165) is 26.2 Å². The van der Waals surface area contributed by atoms with Crippen molar-refractivity contribution in [3.05, 3.63) is 0 Å². The molecule has 0 aromatic carbocycles. The van der Waals surface area contributed by atoms with Gasteiger partial charge in [0.1, 0.15) is 5.84 Å². The lowest BCUT2D eigenvalue weighted by Gasteiger charge is -2.31. The van der Waals surface area contributed by atoms with Gasteiger partial charge in [-0.25, -0.2) is 4.79 Å². The van der Waals surface area contributed by atoms with Crippen LogP contribution in [0.15, 0.2) is 0 Å². The number of fused-ring (bicyclic) bond motifs is 2. The van der Waals surface area contributed by atoms with Crippen LogP contribution in [0.25, 0.3) is 0 Å². The number of piperidine rings is 1. The Bertz CT molecular complexity index is 709. The van der Waals surface area contributed by atoms with Gasteiger partial charge in [-0.3, -0.25) is 14.8 Å². The Kier molecular flexibility index (Phi) is 5.95. The molecule has 0 spiro atoms. The van der Waals surface area contributed by atoms with E-state index in [9.17, 15) is 18.0 Å². The lowest BCUT2D eigenvalue weighted by Crippen LogP contribution is -2.51. The molecule has 3 saturated heterocycles. The Hall–Kier alpha value is -1.80. The number of hydroxylamine groups is 2. The van der Waals surface area contributed by atoms with Crippen molar-refractivity contribution in [2.75, 3.05) is 39.3 Å². The maximum Gasteiger partial charge on any atom is 0.418 e. The first kappa shape index (κ1) is 19.9. The fourth-order valence-corrected chi connectivity index (χ4v) is 4.01. The SMILES string of the molecule is N=C(NC(=O)CCN1CCNCC1)C1CCC2CN1C(=O)N2OS(=O)(=O)O. The number of rotatable bonds is 6. The summed E-state index contributed by atoms with van der Waals surface area (Å²) < 4.78 is 34.9. The number of amidine groups is 1. The molecule has 2 atom stereocenters. The van der Waals surface area contributed by atoms with Gasteiger partial charge in [0.15, 0.2) is 0 Å². The van der Waals surface area contributed by atoms with Crippen LogP contribution in [-0.4, -0.2) is 97.0 Å². The van der Waals surface area contributed by atoms with E-state index in [1.165, 1.54) is 4.90 Å². The van der Waals surface area contributed by atoms with Crippen molar-refractivity contribution in [1.29, 1.82) is 5.41 Å². The highest BCUT2D eigenvalue weighted by atomic mass is 32.3. The summed E-state index contributed by atoms with van der Waals surface area (Å²) in [4.78, 5) is 27.9. The molecule has 0 aromatic heterocycles. The highest BCUT2D eigenvalue weighted by Crippen LogP contribution is 2.30. The second-order valence-electron chi connectivity index (χ2n) is 6.81. The minimum atomic E-state index is -4.81. The molecule has 2 bridgehead atoms. The van der Waals surface area contributed by atoms with Gasteiger partial charge < -0.3 is 20.4 Å². The summed E-state index contributed by atoms with van der Waals surface area (Å²) in [5.41, 5.74) is 0. The lowest BCUT2D eigenvalue weighted by atomic mass is 10.00. The predicted molar refractivity (Wildman–Crippen MR) is 93.2 cm³/mol. The molecule has 3 aliphatic heterocycles. The van der Waals surface area contributed by atoms with Crippen LogP contribution in [0.3, 0.4) is 0 Å². The summed E-state index contributed by atoms with van der Waals surface area (Å²) in [7, 11) is -4.81. The standard InChI is InChI=1S/C14H24N6O6S/c15-13(17-12(21)3-6-18-7-4-16-5-8-18)11-2-1-10-9-19(11)14(22)20(10)26-27(23,24)25/h10-11,16H,1-9H2,(H2,15,17,21)(H,23,24,25). The van der Waals surface area contributed by atoms with Gasteiger partial charge in [0.05, 0.1) is 12.1 Å². The van der Waals surface area contributed by atoms with E-state index < -0.39 is 28.5 Å². The van der Waals surface area contributed by atoms with Gasteiger partial charge in [-0.2, -0.15) is 13.5 Å². The van der Waals surface area contributed by atoms with E-state index >= 15 is 0 Å². The van der Waals surface area contributed by atoms with E-state index in [4.69, 9.17) is 9.96 Å². The van der Waals surface area contributed by atoms with Crippen molar-refractivity contribution in [1.82, 2.24) is 25.5 Å². The molecule has 3 aliphatic rings. The van der Waals surface area contributed by atoms with Crippen LogP contribution in [0.1, 0.15) is 19.3 Å². The van der Waals surface area contributed by atoms with Crippen molar-refractivity contribution in [3.8, 4) is 0 Å². The number of hydrogen-bond acceptors (Lipinski definition) is 8. The molecule has 0 aromatic rings. The summed E-state index contributed by atoms with van der Waals surface area (Å²) in [5, 5.41) is 14.5. The van der Waals surface area contributed by atoms with Crippen LogP contribution in [0.4, 0.5) is 4.79 Å². The molecule has 27 heavy (non-hydrogen) atoms. The lowest BCUT2D eigenvalue weighted by molar-refractivity contribution is -0.120. The largest absolute Gasteiger partial charge is 0.418 e. The summed E-state index contributed by atoms with van der Waals surface area (Å²) in [5.74, 6) is -0.390. The van der Waals surface area contributed by atoms with Gasteiger partial charge in [-0.1, -0.05) is 0 Å². The normalized spacial score (nSPS) is 26.3. The maximum absolute atomic E-state index is 12.3. The zero-order valence-corrected chi connectivity index (χ0v) is 15.6.